The lowest BCUT2D eigenvalue weighted by Crippen LogP contribution is -2.26. The van der Waals surface area contributed by atoms with Gasteiger partial charge in [-0.05, 0) is 12.8 Å². The molecule has 0 unspecified atom stereocenters. The lowest BCUT2D eigenvalue weighted by Gasteiger charge is -2.20. The lowest BCUT2D eigenvalue weighted by atomic mass is 9.98. The summed E-state index contributed by atoms with van der Waals surface area (Å²) >= 11 is 0. The molecular weight excluding hydrogens is 112 g/mol. The maximum atomic E-state index is 3.38. The van der Waals surface area contributed by atoms with E-state index >= 15 is 0 Å². The highest BCUT2D eigenvalue weighted by Gasteiger charge is 2.21. The van der Waals surface area contributed by atoms with E-state index in [-0.39, 0.29) is 0 Å². The molecule has 0 aromatic carbocycles. The minimum absolute atomic E-state index is 0.804. The third kappa shape index (κ3) is 0.784. The van der Waals surface area contributed by atoms with Crippen LogP contribution < -0.4 is 10.6 Å². The average Bonchev–Trinajstić information content (AvgIpc) is 2.33. The maximum absolute atomic E-state index is 3.38. The van der Waals surface area contributed by atoms with Crippen molar-refractivity contribution >= 4 is 0 Å². The van der Waals surface area contributed by atoms with Crippen LogP contribution in [-0.4, -0.2) is 13.1 Å². The molecule has 2 aliphatic rings. The SMILES string of the molecule is C1=C2NCCC[C@@H]2CN1. The minimum Gasteiger partial charge on any atom is -0.389 e. The van der Waals surface area contributed by atoms with Crippen molar-refractivity contribution in [1.29, 1.82) is 0 Å². The van der Waals surface area contributed by atoms with E-state index in [9.17, 15) is 0 Å². The van der Waals surface area contributed by atoms with E-state index in [0.29, 0.717) is 0 Å². The Morgan fingerprint density at radius 1 is 1.56 bits per heavy atom. The Morgan fingerprint density at radius 2 is 2.56 bits per heavy atom. The number of nitrogens with one attached hydrogen (secondary N) is 2. The van der Waals surface area contributed by atoms with E-state index in [1.807, 2.05) is 0 Å². The molecule has 50 valence electrons. The highest BCUT2D eigenvalue weighted by molar-refractivity contribution is 5.11. The Balaban J connectivity index is 2.09. The first-order chi connectivity index (χ1) is 4.47. The number of rotatable bonds is 0. The summed E-state index contributed by atoms with van der Waals surface area (Å²) in [4.78, 5) is 0. The second-order valence-electron chi connectivity index (χ2n) is 2.77. The molecule has 2 heteroatoms. The van der Waals surface area contributed by atoms with E-state index in [1.54, 1.807) is 0 Å². The summed E-state index contributed by atoms with van der Waals surface area (Å²) < 4.78 is 0. The number of piperidine rings is 1. The molecule has 1 fully saturated rings. The van der Waals surface area contributed by atoms with E-state index < -0.39 is 0 Å². The molecule has 0 bridgehead atoms. The molecule has 1 atom stereocenters. The first-order valence-corrected chi connectivity index (χ1v) is 3.64. The summed E-state index contributed by atoms with van der Waals surface area (Å²) in [5, 5.41) is 6.62. The molecule has 0 radical (unpaired) electrons. The lowest BCUT2D eigenvalue weighted by molar-refractivity contribution is 0.464. The van der Waals surface area contributed by atoms with Crippen LogP contribution in [0.3, 0.4) is 0 Å². The van der Waals surface area contributed by atoms with Crippen LogP contribution in [0.5, 0.6) is 0 Å². The number of fused-ring (bicyclic) bond motifs is 1. The van der Waals surface area contributed by atoms with Crippen LogP contribution in [-0.2, 0) is 0 Å². The quantitative estimate of drug-likeness (QED) is 0.489. The van der Waals surface area contributed by atoms with Crippen molar-refractivity contribution in [2.24, 2.45) is 5.92 Å². The highest BCUT2D eigenvalue weighted by atomic mass is 15.0. The van der Waals surface area contributed by atoms with E-state index in [1.165, 1.54) is 25.1 Å². The van der Waals surface area contributed by atoms with Gasteiger partial charge in [0.05, 0.1) is 0 Å². The van der Waals surface area contributed by atoms with E-state index in [2.05, 4.69) is 16.8 Å². The number of hydrogen-bond donors (Lipinski definition) is 2. The first-order valence-electron chi connectivity index (χ1n) is 3.64. The van der Waals surface area contributed by atoms with E-state index in [0.717, 1.165) is 12.5 Å². The molecule has 2 heterocycles. The molecule has 0 saturated carbocycles. The first kappa shape index (κ1) is 5.15. The molecular formula is C7H12N2. The average molecular weight is 124 g/mol. The fourth-order valence-corrected chi connectivity index (χ4v) is 1.57. The van der Waals surface area contributed by atoms with Gasteiger partial charge in [-0.1, -0.05) is 0 Å². The molecule has 0 amide bonds. The van der Waals surface area contributed by atoms with Crippen LogP contribution in [0, 0.1) is 5.92 Å². The largest absolute Gasteiger partial charge is 0.389 e. The minimum atomic E-state index is 0.804. The Hall–Kier alpha value is -0.660. The van der Waals surface area contributed by atoms with Crippen molar-refractivity contribution in [3.63, 3.8) is 0 Å². The highest BCUT2D eigenvalue weighted by Crippen LogP contribution is 2.21. The van der Waals surface area contributed by atoms with Crippen molar-refractivity contribution in [1.82, 2.24) is 10.6 Å². The van der Waals surface area contributed by atoms with Gasteiger partial charge >= 0.3 is 0 Å². The smallest absolute Gasteiger partial charge is 0.0315 e. The Labute approximate surface area is 55.3 Å². The van der Waals surface area contributed by atoms with Crippen LogP contribution in [0.1, 0.15) is 12.8 Å². The van der Waals surface area contributed by atoms with Gasteiger partial charge in [0, 0.05) is 30.9 Å². The van der Waals surface area contributed by atoms with Gasteiger partial charge in [0.25, 0.3) is 0 Å². The zero-order valence-corrected chi connectivity index (χ0v) is 5.48. The monoisotopic (exact) mass is 124 g/mol. The van der Waals surface area contributed by atoms with Crippen LogP contribution in [0.25, 0.3) is 0 Å². The summed E-state index contributed by atoms with van der Waals surface area (Å²) in [5.41, 5.74) is 1.43. The van der Waals surface area contributed by atoms with Crippen LogP contribution in [0.2, 0.25) is 0 Å². The molecule has 9 heavy (non-hydrogen) atoms. The van der Waals surface area contributed by atoms with Gasteiger partial charge in [0.2, 0.25) is 0 Å². The Kier molecular flexibility index (Phi) is 1.11. The molecule has 1 saturated heterocycles. The molecule has 0 aromatic rings. The normalized spacial score (nSPS) is 32.0. The van der Waals surface area contributed by atoms with Gasteiger partial charge in [-0.15, -0.1) is 0 Å². The number of hydrogen-bond acceptors (Lipinski definition) is 2. The maximum Gasteiger partial charge on any atom is 0.0315 e. The summed E-state index contributed by atoms with van der Waals surface area (Å²) in [6.07, 6.45) is 4.82. The third-order valence-electron chi connectivity index (χ3n) is 2.12. The van der Waals surface area contributed by atoms with Crippen LogP contribution >= 0.6 is 0 Å². The van der Waals surface area contributed by atoms with Crippen LogP contribution in [0.4, 0.5) is 0 Å². The summed E-state index contributed by atoms with van der Waals surface area (Å²) in [6, 6.07) is 0. The van der Waals surface area contributed by atoms with Crippen molar-refractivity contribution in [3.05, 3.63) is 11.9 Å². The predicted octanol–water partition coefficient (Wildman–Crippen LogP) is 0.431. The fraction of sp³-hybridized carbons (Fsp3) is 0.714. The molecule has 2 nitrogen and oxygen atoms in total. The second-order valence-corrected chi connectivity index (χ2v) is 2.77. The van der Waals surface area contributed by atoms with Crippen LogP contribution in [0.15, 0.2) is 11.9 Å². The van der Waals surface area contributed by atoms with Crippen molar-refractivity contribution in [2.75, 3.05) is 13.1 Å². The summed E-state index contributed by atoms with van der Waals surface area (Å²) in [7, 11) is 0. The van der Waals surface area contributed by atoms with E-state index in [4.69, 9.17) is 0 Å². The van der Waals surface area contributed by atoms with Gasteiger partial charge in [-0.25, -0.2) is 0 Å². The summed E-state index contributed by atoms with van der Waals surface area (Å²) in [5.74, 6) is 0.804. The predicted molar refractivity (Wildman–Crippen MR) is 36.8 cm³/mol. The topological polar surface area (TPSA) is 24.1 Å². The van der Waals surface area contributed by atoms with Gasteiger partial charge in [-0.2, -0.15) is 0 Å². The molecule has 2 rings (SSSR count). The standard InChI is InChI=1S/C7H12N2/c1-2-6-4-8-5-7(6)9-3-1/h5-6,8-9H,1-4H2/t6-/m1/s1. The summed E-state index contributed by atoms with van der Waals surface area (Å²) in [6.45, 7) is 2.33. The van der Waals surface area contributed by atoms with Crippen molar-refractivity contribution in [2.45, 2.75) is 12.8 Å². The second kappa shape index (κ2) is 1.94. The molecule has 0 spiro atoms. The van der Waals surface area contributed by atoms with Gasteiger partial charge in [0.1, 0.15) is 0 Å². The zero-order valence-electron chi connectivity index (χ0n) is 5.48. The van der Waals surface area contributed by atoms with Gasteiger partial charge < -0.3 is 10.6 Å². The molecule has 2 N–H and O–H groups in total. The Morgan fingerprint density at radius 3 is 3.44 bits per heavy atom. The Bertz CT molecular complexity index is 140. The zero-order chi connectivity index (χ0) is 6.10. The van der Waals surface area contributed by atoms with Crippen molar-refractivity contribution in [3.8, 4) is 0 Å². The van der Waals surface area contributed by atoms with Gasteiger partial charge in [-0.3, -0.25) is 0 Å². The molecule has 0 aliphatic carbocycles. The molecule has 0 aromatic heterocycles. The fourth-order valence-electron chi connectivity index (χ4n) is 1.57. The third-order valence-corrected chi connectivity index (χ3v) is 2.12. The molecule has 2 aliphatic heterocycles. The van der Waals surface area contributed by atoms with Gasteiger partial charge in [0.15, 0.2) is 0 Å². The van der Waals surface area contributed by atoms with Crippen molar-refractivity contribution < 1.29 is 0 Å².